The van der Waals surface area contributed by atoms with Crippen molar-refractivity contribution in [2.24, 2.45) is 11.8 Å². The number of nitrogens with zero attached hydrogens (tertiary/aromatic N) is 1. The van der Waals surface area contributed by atoms with Gasteiger partial charge in [-0.3, -0.25) is 0 Å². The van der Waals surface area contributed by atoms with Crippen molar-refractivity contribution < 1.29 is 13.5 Å². The van der Waals surface area contributed by atoms with Crippen molar-refractivity contribution in [2.75, 3.05) is 14.2 Å². The number of benzene rings is 1. The zero-order valence-electron chi connectivity index (χ0n) is 11.5. The Bertz CT molecular complexity index is 483. The van der Waals surface area contributed by atoms with E-state index in [2.05, 4.69) is 11.4 Å². The van der Waals surface area contributed by atoms with Gasteiger partial charge >= 0.3 is 0 Å². The molecule has 0 aromatic heterocycles. The average molecular weight is 268 g/mol. The van der Waals surface area contributed by atoms with E-state index in [1.165, 1.54) is 7.11 Å². The maximum absolute atomic E-state index is 14.0. The lowest BCUT2D eigenvalue weighted by Gasteiger charge is -2.25. The first-order valence-electron chi connectivity index (χ1n) is 6.06. The standard InChI is InChI=1S/C14H18F2N2O/c1-8(2)10(7-17)14(18-3)9-5-12(16)13(19-4)6-11(9)15/h5-6,8,10,14,18H,1-4H3. The predicted octanol–water partition coefficient (Wildman–Crippen LogP) is 3.03. The Hall–Kier alpha value is -1.67. The molecule has 1 N–H and O–H groups in total. The van der Waals surface area contributed by atoms with Crippen molar-refractivity contribution in [1.29, 1.82) is 5.26 Å². The molecular formula is C14H18F2N2O. The molecule has 1 rings (SSSR count). The van der Waals surface area contributed by atoms with Crippen LogP contribution in [0.2, 0.25) is 0 Å². The van der Waals surface area contributed by atoms with E-state index in [0.717, 1.165) is 12.1 Å². The lowest BCUT2D eigenvalue weighted by Crippen LogP contribution is -2.28. The molecule has 1 aromatic rings. The van der Waals surface area contributed by atoms with Crippen molar-refractivity contribution >= 4 is 0 Å². The Morgan fingerprint density at radius 1 is 1.26 bits per heavy atom. The molecule has 19 heavy (non-hydrogen) atoms. The minimum atomic E-state index is -0.639. The van der Waals surface area contributed by atoms with Gasteiger partial charge in [0, 0.05) is 11.6 Å². The van der Waals surface area contributed by atoms with E-state index in [1.54, 1.807) is 7.05 Å². The van der Waals surface area contributed by atoms with Crippen LogP contribution >= 0.6 is 0 Å². The van der Waals surface area contributed by atoms with E-state index in [0.29, 0.717) is 0 Å². The summed E-state index contributed by atoms with van der Waals surface area (Å²) in [7, 11) is 2.90. The van der Waals surface area contributed by atoms with E-state index in [4.69, 9.17) is 4.74 Å². The quantitative estimate of drug-likeness (QED) is 0.892. The minimum Gasteiger partial charge on any atom is -0.494 e. The van der Waals surface area contributed by atoms with Crippen LogP contribution in [-0.2, 0) is 0 Å². The molecule has 0 radical (unpaired) electrons. The van der Waals surface area contributed by atoms with Crippen LogP contribution < -0.4 is 10.1 Å². The fourth-order valence-corrected chi connectivity index (χ4v) is 2.08. The van der Waals surface area contributed by atoms with Crippen LogP contribution in [0.4, 0.5) is 8.78 Å². The van der Waals surface area contributed by atoms with Crippen molar-refractivity contribution in [3.8, 4) is 11.8 Å². The van der Waals surface area contributed by atoms with Gasteiger partial charge in [-0.25, -0.2) is 8.78 Å². The summed E-state index contributed by atoms with van der Waals surface area (Å²) in [6.07, 6.45) is 0. The van der Waals surface area contributed by atoms with E-state index in [1.807, 2.05) is 13.8 Å². The smallest absolute Gasteiger partial charge is 0.165 e. The van der Waals surface area contributed by atoms with Crippen molar-refractivity contribution in [2.45, 2.75) is 19.9 Å². The zero-order valence-corrected chi connectivity index (χ0v) is 11.5. The number of methoxy groups -OCH3 is 1. The first-order chi connectivity index (χ1) is 8.96. The number of rotatable bonds is 5. The Kier molecular flexibility index (Phi) is 5.25. The van der Waals surface area contributed by atoms with Gasteiger partial charge in [0.2, 0.25) is 0 Å². The number of halogens is 2. The minimum absolute atomic E-state index is 0.0204. The van der Waals surface area contributed by atoms with E-state index < -0.39 is 23.6 Å². The Balaban J connectivity index is 3.26. The fourth-order valence-electron chi connectivity index (χ4n) is 2.08. The third kappa shape index (κ3) is 3.21. The van der Waals surface area contributed by atoms with E-state index in [-0.39, 0.29) is 17.2 Å². The van der Waals surface area contributed by atoms with E-state index in [9.17, 15) is 14.0 Å². The summed E-state index contributed by atoms with van der Waals surface area (Å²) in [6, 6.07) is 3.67. The van der Waals surface area contributed by atoms with Crippen molar-refractivity contribution in [3.05, 3.63) is 29.3 Å². The van der Waals surface area contributed by atoms with Gasteiger partial charge in [0.25, 0.3) is 0 Å². The molecular weight excluding hydrogens is 250 g/mol. The van der Waals surface area contributed by atoms with Gasteiger partial charge in [-0.15, -0.1) is 0 Å². The van der Waals surface area contributed by atoms with Gasteiger partial charge in [-0.2, -0.15) is 5.26 Å². The Labute approximate surface area is 112 Å². The normalized spacial score (nSPS) is 14.0. The van der Waals surface area contributed by atoms with Crippen LogP contribution in [0.25, 0.3) is 0 Å². The monoisotopic (exact) mass is 268 g/mol. The first kappa shape index (κ1) is 15.4. The highest BCUT2D eigenvalue weighted by atomic mass is 19.1. The second kappa shape index (κ2) is 6.48. The lowest BCUT2D eigenvalue weighted by molar-refractivity contribution is 0.347. The molecule has 2 atom stereocenters. The first-order valence-corrected chi connectivity index (χ1v) is 6.06. The molecule has 0 spiro atoms. The van der Waals surface area contributed by atoms with E-state index >= 15 is 0 Å². The molecule has 5 heteroatoms. The molecule has 0 fully saturated rings. The molecule has 0 aliphatic rings. The van der Waals surface area contributed by atoms with Gasteiger partial charge < -0.3 is 10.1 Å². The molecule has 0 saturated heterocycles. The molecule has 0 amide bonds. The second-order valence-corrected chi connectivity index (χ2v) is 4.67. The molecule has 2 unspecified atom stereocenters. The summed E-state index contributed by atoms with van der Waals surface area (Å²) in [6.45, 7) is 3.74. The van der Waals surface area contributed by atoms with Crippen LogP contribution in [0.3, 0.4) is 0 Å². The Morgan fingerprint density at radius 3 is 2.32 bits per heavy atom. The number of nitrogens with one attached hydrogen (secondary N) is 1. The van der Waals surface area contributed by atoms with Gasteiger partial charge in [0.15, 0.2) is 11.6 Å². The molecule has 3 nitrogen and oxygen atoms in total. The maximum Gasteiger partial charge on any atom is 0.165 e. The SMILES string of the molecule is CNC(c1cc(F)c(OC)cc1F)C(C#N)C(C)C. The maximum atomic E-state index is 14.0. The highest BCUT2D eigenvalue weighted by Crippen LogP contribution is 2.32. The van der Waals surface area contributed by atoms with Crippen molar-refractivity contribution in [3.63, 3.8) is 0 Å². The molecule has 0 heterocycles. The molecule has 104 valence electrons. The molecule has 0 saturated carbocycles. The largest absolute Gasteiger partial charge is 0.494 e. The number of hydrogen-bond donors (Lipinski definition) is 1. The zero-order chi connectivity index (χ0) is 14.6. The summed E-state index contributed by atoms with van der Waals surface area (Å²) in [5, 5.41) is 12.1. The highest BCUT2D eigenvalue weighted by Gasteiger charge is 2.28. The average Bonchev–Trinajstić information content (AvgIpc) is 2.37. The lowest BCUT2D eigenvalue weighted by atomic mass is 9.85. The van der Waals surface area contributed by atoms with Crippen LogP contribution in [-0.4, -0.2) is 14.2 Å². The third-order valence-electron chi connectivity index (χ3n) is 3.14. The molecule has 0 aliphatic carbocycles. The van der Waals surface area contributed by atoms with Crippen LogP contribution in [0.1, 0.15) is 25.5 Å². The third-order valence-corrected chi connectivity index (χ3v) is 3.14. The second-order valence-electron chi connectivity index (χ2n) is 4.67. The topological polar surface area (TPSA) is 45.0 Å². The molecule has 1 aromatic carbocycles. The van der Waals surface area contributed by atoms with Gasteiger partial charge in [-0.1, -0.05) is 13.8 Å². The summed E-state index contributed by atoms with van der Waals surface area (Å²) in [5.41, 5.74) is 0.140. The fraction of sp³-hybridized carbons (Fsp3) is 0.500. The van der Waals surface area contributed by atoms with Crippen LogP contribution in [0, 0.1) is 34.8 Å². The predicted molar refractivity (Wildman–Crippen MR) is 68.7 cm³/mol. The van der Waals surface area contributed by atoms with Gasteiger partial charge in [0.05, 0.1) is 25.1 Å². The van der Waals surface area contributed by atoms with Gasteiger partial charge in [0.1, 0.15) is 5.82 Å². The van der Waals surface area contributed by atoms with Crippen LogP contribution in [0.15, 0.2) is 12.1 Å². The Morgan fingerprint density at radius 2 is 1.89 bits per heavy atom. The van der Waals surface area contributed by atoms with Gasteiger partial charge in [-0.05, 0) is 19.0 Å². The highest BCUT2D eigenvalue weighted by molar-refractivity contribution is 5.33. The molecule has 0 bridgehead atoms. The summed E-state index contributed by atoms with van der Waals surface area (Å²) >= 11 is 0. The number of nitriles is 1. The summed E-state index contributed by atoms with van der Waals surface area (Å²) in [5.74, 6) is -1.80. The number of hydrogen-bond acceptors (Lipinski definition) is 3. The van der Waals surface area contributed by atoms with Crippen LogP contribution in [0.5, 0.6) is 5.75 Å². The molecule has 0 aliphatic heterocycles. The van der Waals surface area contributed by atoms with Crippen molar-refractivity contribution in [1.82, 2.24) is 5.32 Å². The summed E-state index contributed by atoms with van der Waals surface area (Å²) < 4.78 is 32.4. The number of ether oxygens (including phenoxy) is 1. The summed E-state index contributed by atoms with van der Waals surface area (Å²) in [4.78, 5) is 0.